The van der Waals surface area contributed by atoms with Crippen molar-refractivity contribution in [1.29, 1.82) is 0 Å². The van der Waals surface area contributed by atoms with Crippen molar-refractivity contribution in [2.45, 2.75) is 38.5 Å². The molecule has 0 aromatic heterocycles. The van der Waals surface area contributed by atoms with Crippen molar-refractivity contribution in [2.75, 3.05) is 20.3 Å². The molecular formula is C26H31NO6. The van der Waals surface area contributed by atoms with Crippen LogP contribution in [0.25, 0.3) is 0 Å². The first kappa shape index (κ1) is 24.5. The molecule has 1 aliphatic heterocycles. The maximum atomic E-state index is 12.9. The van der Waals surface area contributed by atoms with Crippen LogP contribution in [0.15, 0.2) is 66.4 Å². The Balaban J connectivity index is 1.88. The van der Waals surface area contributed by atoms with Crippen molar-refractivity contribution < 1.29 is 28.9 Å². The summed E-state index contributed by atoms with van der Waals surface area (Å²) in [6.07, 6.45) is 2.41. The van der Waals surface area contributed by atoms with Crippen LogP contribution in [-0.2, 0) is 25.5 Å². The van der Waals surface area contributed by atoms with E-state index in [9.17, 15) is 14.7 Å². The minimum atomic E-state index is -0.630. The van der Waals surface area contributed by atoms with E-state index in [1.54, 1.807) is 12.1 Å². The molecule has 3 atom stereocenters. The number of allylic oxidation sites excluding steroid dienone is 1. The Bertz CT molecular complexity index is 941. The van der Waals surface area contributed by atoms with Gasteiger partial charge in [-0.25, -0.2) is 4.79 Å². The second-order valence-corrected chi connectivity index (χ2v) is 7.81. The highest BCUT2D eigenvalue weighted by molar-refractivity contribution is 5.92. The third-order valence-corrected chi connectivity index (χ3v) is 5.65. The number of aliphatic hydroxyl groups excluding tert-OH is 1. The third-order valence-electron chi connectivity index (χ3n) is 5.65. The summed E-state index contributed by atoms with van der Waals surface area (Å²) in [5, 5.41) is 12.3. The molecule has 1 aliphatic rings. The van der Waals surface area contributed by atoms with Gasteiger partial charge in [0.1, 0.15) is 0 Å². The number of aliphatic hydroxyl groups is 1. The summed E-state index contributed by atoms with van der Waals surface area (Å²) in [5.74, 6) is -0.820. The summed E-state index contributed by atoms with van der Waals surface area (Å²) in [5.41, 5.74) is 2.36. The average molecular weight is 454 g/mol. The number of ether oxygens (including phenoxy) is 3. The first-order chi connectivity index (χ1) is 16.1. The van der Waals surface area contributed by atoms with E-state index in [0.717, 1.165) is 11.1 Å². The Hall–Kier alpha value is -3.16. The number of rotatable bonds is 10. The molecule has 0 aliphatic carbocycles. The smallest absolute Gasteiger partial charge is 0.337 e. The molecule has 1 heterocycles. The maximum Gasteiger partial charge on any atom is 0.337 e. The van der Waals surface area contributed by atoms with Gasteiger partial charge in [-0.3, -0.25) is 4.79 Å². The molecule has 176 valence electrons. The van der Waals surface area contributed by atoms with E-state index >= 15 is 0 Å². The van der Waals surface area contributed by atoms with Gasteiger partial charge in [-0.1, -0.05) is 42.5 Å². The standard InChI is InChI=1S/C26H31NO6/c1-3-32-26-21(10-7-15-28)22(19-11-13-20(14-12-19)25(30)31-2)16-23(33-26)24(29)27-17-18-8-5-4-6-9-18/h4-6,8-9,11-14,16,21-22,26,28H,3,7,10,15,17H2,1-2H3,(H,27,29)/t21-,22+,26+/m0/s1. The Morgan fingerprint density at radius 3 is 2.45 bits per heavy atom. The van der Waals surface area contributed by atoms with Crippen molar-refractivity contribution in [3.63, 3.8) is 0 Å². The number of hydrogen-bond donors (Lipinski definition) is 2. The Morgan fingerprint density at radius 1 is 1.09 bits per heavy atom. The van der Waals surface area contributed by atoms with E-state index in [1.807, 2.05) is 55.5 Å². The molecule has 0 saturated heterocycles. The molecule has 2 aromatic carbocycles. The number of benzene rings is 2. The molecule has 0 fully saturated rings. The molecule has 0 spiro atoms. The lowest BCUT2D eigenvalue weighted by Gasteiger charge is -2.37. The molecule has 7 nitrogen and oxygen atoms in total. The van der Waals surface area contributed by atoms with Crippen molar-refractivity contribution in [3.05, 3.63) is 83.1 Å². The first-order valence-electron chi connectivity index (χ1n) is 11.2. The van der Waals surface area contributed by atoms with Crippen LogP contribution in [0.1, 0.15) is 47.2 Å². The van der Waals surface area contributed by atoms with Gasteiger partial charge in [0.2, 0.25) is 6.29 Å². The van der Waals surface area contributed by atoms with Gasteiger partial charge in [-0.15, -0.1) is 0 Å². The fourth-order valence-electron chi connectivity index (χ4n) is 3.97. The van der Waals surface area contributed by atoms with Crippen molar-refractivity contribution in [2.24, 2.45) is 5.92 Å². The van der Waals surface area contributed by atoms with Gasteiger partial charge in [-0.05, 0) is 49.1 Å². The van der Waals surface area contributed by atoms with Gasteiger partial charge < -0.3 is 24.6 Å². The number of hydrogen-bond acceptors (Lipinski definition) is 6. The second-order valence-electron chi connectivity index (χ2n) is 7.81. The van der Waals surface area contributed by atoms with Crippen LogP contribution < -0.4 is 5.32 Å². The predicted molar refractivity (Wildman–Crippen MR) is 123 cm³/mol. The molecule has 2 N–H and O–H groups in total. The quantitative estimate of drug-likeness (QED) is 0.535. The summed E-state index contributed by atoms with van der Waals surface area (Å²) in [4.78, 5) is 24.8. The molecule has 3 rings (SSSR count). The van der Waals surface area contributed by atoms with E-state index in [1.165, 1.54) is 7.11 Å². The van der Waals surface area contributed by atoms with Crippen molar-refractivity contribution >= 4 is 11.9 Å². The number of carbonyl (C=O) groups is 2. The van der Waals surface area contributed by atoms with Crippen molar-refractivity contribution in [3.8, 4) is 0 Å². The highest BCUT2D eigenvalue weighted by atomic mass is 16.7. The average Bonchev–Trinajstić information content (AvgIpc) is 2.86. The number of esters is 1. The number of amides is 1. The normalized spacial score (nSPS) is 19.8. The van der Waals surface area contributed by atoms with Crippen LogP contribution in [0.2, 0.25) is 0 Å². The summed E-state index contributed by atoms with van der Waals surface area (Å²) >= 11 is 0. The summed E-state index contributed by atoms with van der Waals surface area (Å²) in [6, 6.07) is 16.8. The molecule has 1 amide bonds. The molecule has 33 heavy (non-hydrogen) atoms. The van der Waals surface area contributed by atoms with Crippen LogP contribution in [0, 0.1) is 5.92 Å². The van der Waals surface area contributed by atoms with Crippen LogP contribution in [0.3, 0.4) is 0 Å². The van der Waals surface area contributed by atoms with E-state index in [4.69, 9.17) is 14.2 Å². The first-order valence-corrected chi connectivity index (χ1v) is 11.2. The van der Waals surface area contributed by atoms with E-state index in [0.29, 0.717) is 31.6 Å². The maximum absolute atomic E-state index is 12.9. The predicted octanol–water partition coefficient (Wildman–Crippen LogP) is 3.54. The zero-order chi connectivity index (χ0) is 23.6. The Labute approximate surface area is 194 Å². The molecule has 0 unspecified atom stereocenters. The fourth-order valence-corrected chi connectivity index (χ4v) is 3.97. The zero-order valence-corrected chi connectivity index (χ0v) is 19.0. The minimum absolute atomic E-state index is 0.0531. The summed E-state index contributed by atoms with van der Waals surface area (Å²) < 4.78 is 16.6. The lowest BCUT2D eigenvalue weighted by molar-refractivity contribution is -0.166. The molecule has 0 bridgehead atoms. The van der Waals surface area contributed by atoms with Gasteiger partial charge in [0.05, 0.1) is 12.7 Å². The molecular weight excluding hydrogens is 422 g/mol. The SMILES string of the molecule is CCO[C@@H]1OC(C(=O)NCc2ccccc2)=C[C@H](c2ccc(C(=O)OC)cc2)[C@@H]1CCCO. The Kier molecular flexibility index (Phi) is 9.04. The molecule has 7 heteroatoms. The van der Waals surface area contributed by atoms with E-state index in [-0.39, 0.29) is 30.1 Å². The fraction of sp³-hybridized carbons (Fsp3) is 0.385. The van der Waals surface area contributed by atoms with E-state index < -0.39 is 12.3 Å². The van der Waals surface area contributed by atoms with Gasteiger partial charge in [0, 0.05) is 31.6 Å². The number of nitrogens with one attached hydrogen (secondary N) is 1. The minimum Gasteiger partial charge on any atom is -0.465 e. The summed E-state index contributed by atoms with van der Waals surface area (Å²) in [7, 11) is 1.34. The number of carbonyl (C=O) groups excluding carboxylic acids is 2. The lowest BCUT2D eigenvalue weighted by Crippen LogP contribution is -2.39. The topological polar surface area (TPSA) is 94.1 Å². The second kappa shape index (κ2) is 12.2. The molecule has 0 saturated carbocycles. The van der Waals surface area contributed by atoms with Crippen LogP contribution >= 0.6 is 0 Å². The van der Waals surface area contributed by atoms with E-state index in [2.05, 4.69) is 5.32 Å². The van der Waals surface area contributed by atoms with Gasteiger partial charge >= 0.3 is 5.97 Å². The molecule has 2 aromatic rings. The third kappa shape index (κ3) is 6.43. The highest BCUT2D eigenvalue weighted by Gasteiger charge is 2.37. The highest BCUT2D eigenvalue weighted by Crippen LogP contribution is 2.39. The number of methoxy groups -OCH3 is 1. The Morgan fingerprint density at radius 2 is 1.82 bits per heavy atom. The van der Waals surface area contributed by atoms with Crippen LogP contribution in [-0.4, -0.2) is 43.6 Å². The van der Waals surface area contributed by atoms with Gasteiger partial charge in [-0.2, -0.15) is 0 Å². The van der Waals surface area contributed by atoms with Crippen molar-refractivity contribution in [1.82, 2.24) is 5.32 Å². The zero-order valence-electron chi connectivity index (χ0n) is 19.0. The van der Waals surface area contributed by atoms with Crippen LogP contribution in [0.5, 0.6) is 0 Å². The largest absolute Gasteiger partial charge is 0.465 e. The molecule has 0 radical (unpaired) electrons. The lowest BCUT2D eigenvalue weighted by atomic mass is 9.80. The van der Waals surface area contributed by atoms with Crippen LogP contribution in [0.4, 0.5) is 0 Å². The van der Waals surface area contributed by atoms with Gasteiger partial charge in [0.15, 0.2) is 5.76 Å². The monoisotopic (exact) mass is 453 g/mol. The summed E-state index contributed by atoms with van der Waals surface area (Å²) in [6.45, 7) is 2.73. The van der Waals surface area contributed by atoms with Gasteiger partial charge in [0.25, 0.3) is 5.91 Å².